The van der Waals surface area contributed by atoms with Gasteiger partial charge in [0.15, 0.2) is 0 Å². The van der Waals surface area contributed by atoms with Crippen molar-refractivity contribution in [1.82, 2.24) is 10.2 Å². The van der Waals surface area contributed by atoms with Gasteiger partial charge in [-0.25, -0.2) is 0 Å². The van der Waals surface area contributed by atoms with E-state index in [2.05, 4.69) is 31.3 Å². The molecule has 0 spiro atoms. The fourth-order valence-electron chi connectivity index (χ4n) is 3.10. The van der Waals surface area contributed by atoms with Gasteiger partial charge in [-0.2, -0.15) is 0 Å². The van der Waals surface area contributed by atoms with E-state index < -0.39 is 0 Å². The molecule has 2 saturated heterocycles. The lowest BCUT2D eigenvalue weighted by atomic mass is 10.1. The van der Waals surface area contributed by atoms with Crippen molar-refractivity contribution in [3.8, 4) is 0 Å². The van der Waals surface area contributed by atoms with Crippen molar-refractivity contribution in [1.29, 1.82) is 0 Å². The van der Waals surface area contributed by atoms with E-state index in [1.807, 2.05) is 4.90 Å². The van der Waals surface area contributed by atoms with E-state index in [0.29, 0.717) is 6.61 Å². The average molecular weight is 294 g/mol. The monoisotopic (exact) mass is 294 g/mol. The van der Waals surface area contributed by atoms with Gasteiger partial charge in [0.2, 0.25) is 5.91 Å². The van der Waals surface area contributed by atoms with Gasteiger partial charge in [-0.1, -0.05) is 13.3 Å². The van der Waals surface area contributed by atoms with Gasteiger partial charge in [0.25, 0.3) is 0 Å². The van der Waals surface area contributed by atoms with E-state index in [9.17, 15) is 4.79 Å². The van der Waals surface area contributed by atoms with Gasteiger partial charge in [-0.05, 0) is 31.9 Å². The highest BCUT2D eigenvalue weighted by atomic mass is 32.1. The number of ether oxygens (including phenoxy) is 1. The molecule has 0 aliphatic carbocycles. The summed E-state index contributed by atoms with van der Waals surface area (Å²) in [7, 11) is 0. The summed E-state index contributed by atoms with van der Waals surface area (Å²) in [5.41, 5.74) is 0. The Morgan fingerprint density at radius 2 is 2.35 bits per heavy atom. The van der Waals surface area contributed by atoms with Crippen LogP contribution in [-0.4, -0.2) is 36.1 Å². The first-order valence-corrected chi connectivity index (χ1v) is 8.24. The first-order chi connectivity index (χ1) is 9.70. The van der Waals surface area contributed by atoms with Crippen molar-refractivity contribution in [2.45, 2.75) is 51.4 Å². The summed E-state index contributed by atoms with van der Waals surface area (Å²) < 4.78 is 5.48. The topological polar surface area (TPSA) is 41.6 Å². The first kappa shape index (κ1) is 14.0. The van der Waals surface area contributed by atoms with Gasteiger partial charge in [0.05, 0.1) is 18.7 Å². The molecule has 2 fully saturated rings. The molecule has 0 aromatic carbocycles. The lowest BCUT2D eigenvalue weighted by Crippen LogP contribution is -2.40. The molecule has 1 N–H and O–H groups in total. The number of nitrogens with one attached hydrogen (secondary N) is 1. The molecular weight excluding hydrogens is 272 g/mol. The lowest BCUT2D eigenvalue weighted by molar-refractivity contribution is -0.132. The van der Waals surface area contributed by atoms with Gasteiger partial charge in [0, 0.05) is 16.4 Å². The van der Waals surface area contributed by atoms with Crippen molar-refractivity contribution in [3.05, 3.63) is 21.9 Å². The van der Waals surface area contributed by atoms with Gasteiger partial charge >= 0.3 is 0 Å². The maximum Gasteiger partial charge on any atom is 0.241 e. The maximum absolute atomic E-state index is 12.7. The summed E-state index contributed by atoms with van der Waals surface area (Å²) in [6.07, 6.45) is 2.91. The minimum atomic E-state index is -0.0343. The second-order valence-corrected chi connectivity index (χ2v) is 6.94. The highest BCUT2D eigenvalue weighted by Crippen LogP contribution is 2.34. The van der Waals surface area contributed by atoms with Crippen molar-refractivity contribution in [2.24, 2.45) is 0 Å². The number of amides is 1. The summed E-state index contributed by atoms with van der Waals surface area (Å²) in [5.74, 6) is 0.249. The Labute approximate surface area is 124 Å². The number of nitrogens with zero attached hydrogens (tertiary/aromatic N) is 1. The van der Waals surface area contributed by atoms with Gasteiger partial charge in [0.1, 0.15) is 6.17 Å². The molecule has 5 heteroatoms. The van der Waals surface area contributed by atoms with Crippen LogP contribution in [0.15, 0.2) is 12.1 Å². The molecule has 1 amide bonds. The molecule has 110 valence electrons. The molecule has 3 heterocycles. The zero-order chi connectivity index (χ0) is 14.1. The Balaban J connectivity index is 1.86. The predicted octanol–water partition coefficient (Wildman–Crippen LogP) is 2.44. The molecule has 3 rings (SSSR count). The van der Waals surface area contributed by atoms with E-state index in [4.69, 9.17) is 4.74 Å². The third-order valence-electron chi connectivity index (χ3n) is 4.10. The smallest absolute Gasteiger partial charge is 0.241 e. The normalized spacial score (nSPS) is 30.4. The third kappa shape index (κ3) is 2.50. The van der Waals surface area contributed by atoms with Gasteiger partial charge in [-0.15, -0.1) is 11.3 Å². The Bertz CT molecular complexity index is 482. The quantitative estimate of drug-likeness (QED) is 0.927. The number of aryl methyl sites for hydroxylation is 1. The molecule has 1 aromatic rings. The number of carbonyl (C=O) groups excluding carboxylic acids is 1. The summed E-state index contributed by atoms with van der Waals surface area (Å²) in [6.45, 7) is 5.67. The van der Waals surface area contributed by atoms with Crippen LogP contribution >= 0.6 is 11.3 Å². The van der Waals surface area contributed by atoms with Crippen LogP contribution in [0.1, 0.15) is 42.1 Å². The molecule has 1 aromatic heterocycles. The third-order valence-corrected chi connectivity index (χ3v) is 5.15. The lowest BCUT2D eigenvalue weighted by Gasteiger charge is -2.28. The summed E-state index contributed by atoms with van der Waals surface area (Å²) in [5, 5.41) is 3.53. The molecule has 0 radical (unpaired) electrons. The molecular formula is C15H22N2O2S. The molecule has 3 atom stereocenters. The van der Waals surface area contributed by atoms with Crippen LogP contribution in [0.4, 0.5) is 0 Å². The average Bonchev–Trinajstić information content (AvgIpc) is 3.12. The number of thiophene rings is 1. The Morgan fingerprint density at radius 1 is 1.50 bits per heavy atom. The molecule has 0 bridgehead atoms. The molecule has 2 aliphatic heterocycles. The summed E-state index contributed by atoms with van der Waals surface area (Å²) >= 11 is 1.77. The highest BCUT2D eigenvalue weighted by Gasteiger charge is 2.44. The van der Waals surface area contributed by atoms with E-state index in [-0.39, 0.29) is 24.2 Å². The van der Waals surface area contributed by atoms with Crippen molar-refractivity contribution in [2.75, 3.05) is 13.2 Å². The SMILES string of the molecule is CCCC1NC(c2ccc(C)s2)N(C2CCOC2)C1=O. The number of hydrogen-bond acceptors (Lipinski definition) is 4. The Morgan fingerprint density at radius 3 is 2.95 bits per heavy atom. The Hall–Kier alpha value is -0.910. The summed E-state index contributed by atoms with van der Waals surface area (Å²) in [4.78, 5) is 17.3. The zero-order valence-corrected chi connectivity index (χ0v) is 12.9. The second kappa shape index (κ2) is 5.84. The van der Waals surface area contributed by atoms with Crippen molar-refractivity contribution in [3.63, 3.8) is 0 Å². The van der Waals surface area contributed by atoms with E-state index in [1.54, 1.807) is 11.3 Å². The minimum absolute atomic E-state index is 0.0319. The Kier molecular flexibility index (Phi) is 4.10. The number of hydrogen-bond donors (Lipinski definition) is 1. The zero-order valence-electron chi connectivity index (χ0n) is 12.1. The fourth-order valence-corrected chi connectivity index (χ4v) is 4.03. The largest absolute Gasteiger partial charge is 0.379 e. The molecule has 0 saturated carbocycles. The van der Waals surface area contributed by atoms with Gasteiger partial charge in [-0.3, -0.25) is 10.1 Å². The van der Waals surface area contributed by atoms with Crippen LogP contribution in [0.3, 0.4) is 0 Å². The van der Waals surface area contributed by atoms with Crippen LogP contribution in [-0.2, 0) is 9.53 Å². The summed E-state index contributed by atoms with van der Waals surface area (Å²) in [6, 6.07) is 4.46. The van der Waals surface area contributed by atoms with E-state index in [1.165, 1.54) is 9.75 Å². The maximum atomic E-state index is 12.7. The predicted molar refractivity (Wildman–Crippen MR) is 79.7 cm³/mol. The number of carbonyl (C=O) groups is 1. The minimum Gasteiger partial charge on any atom is -0.379 e. The number of rotatable bonds is 4. The van der Waals surface area contributed by atoms with Crippen LogP contribution in [0.25, 0.3) is 0 Å². The van der Waals surface area contributed by atoms with E-state index >= 15 is 0 Å². The molecule has 20 heavy (non-hydrogen) atoms. The van der Waals surface area contributed by atoms with Crippen LogP contribution in [0, 0.1) is 6.92 Å². The first-order valence-electron chi connectivity index (χ1n) is 7.43. The fraction of sp³-hybridized carbons (Fsp3) is 0.667. The van der Waals surface area contributed by atoms with Crippen LogP contribution in [0.2, 0.25) is 0 Å². The van der Waals surface area contributed by atoms with Crippen molar-refractivity contribution >= 4 is 17.2 Å². The highest BCUT2D eigenvalue weighted by molar-refractivity contribution is 7.12. The van der Waals surface area contributed by atoms with Crippen molar-refractivity contribution < 1.29 is 9.53 Å². The van der Waals surface area contributed by atoms with Crippen LogP contribution < -0.4 is 5.32 Å². The molecule has 2 aliphatic rings. The van der Waals surface area contributed by atoms with Gasteiger partial charge < -0.3 is 9.64 Å². The standard InChI is InChI=1S/C15H22N2O2S/c1-3-4-12-15(18)17(11-7-8-19-9-11)14(16-12)13-6-5-10(2)20-13/h5-6,11-12,14,16H,3-4,7-9H2,1-2H3. The van der Waals surface area contributed by atoms with E-state index in [0.717, 1.165) is 25.9 Å². The molecule has 4 nitrogen and oxygen atoms in total. The van der Waals surface area contributed by atoms with Crippen LogP contribution in [0.5, 0.6) is 0 Å². The second-order valence-electron chi connectivity index (χ2n) is 5.62. The molecule has 3 unspecified atom stereocenters.